The second-order valence-corrected chi connectivity index (χ2v) is 6.92. The lowest BCUT2D eigenvalue weighted by molar-refractivity contribution is -0.133. The summed E-state index contributed by atoms with van der Waals surface area (Å²) in [6.07, 6.45) is 3.89. The second-order valence-electron chi connectivity index (χ2n) is 6.92. The molecule has 0 aromatic heterocycles. The number of carbonyl (C=O) groups excluding carboxylic acids is 2. The van der Waals surface area contributed by atoms with E-state index < -0.39 is 0 Å². The molecule has 5 heteroatoms. The largest absolute Gasteiger partial charge is 0.335 e. The van der Waals surface area contributed by atoms with Crippen LogP contribution in [0.1, 0.15) is 53.6 Å². The van der Waals surface area contributed by atoms with Crippen molar-refractivity contribution >= 4 is 24.1 Å². The molecular formula is C19H27ClN2O2. The maximum absolute atomic E-state index is 12.6. The Labute approximate surface area is 150 Å². The Morgan fingerprint density at radius 3 is 2.67 bits per heavy atom. The Morgan fingerprint density at radius 1 is 1.12 bits per heavy atom. The Morgan fingerprint density at radius 2 is 1.88 bits per heavy atom. The topological polar surface area (TPSA) is 49.4 Å². The number of halogens is 1. The van der Waals surface area contributed by atoms with Gasteiger partial charge in [0.25, 0.3) is 0 Å². The summed E-state index contributed by atoms with van der Waals surface area (Å²) in [5.74, 6) is 0.236. The van der Waals surface area contributed by atoms with E-state index in [1.165, 1.54) is 0 Å². The number of amides is 1. The molecule has 2 saturated heterocycles. The zero-order chi connectivity index (χ0) is 16.4. The number of hydrogen-bond acceptors (Lipinski definition) is 3. The zero-order valence-corrected chi connectivity index (χ0v) is 15.3. The summed E-state index contributed by atoms with van der Waals surface area (Å²) in [5, 5.41) is 3.41. The van der Waals surface area contributed by atoms with Gasteiger partial charge in [-0.15, -0.1) is 12.4 Å². The van der Waals surface area contributed by atoms with E-state index in [9.17, 15) is 9.59 Å². The third kappa shape index (κ3) is 3.98. The molecule has 1 amide bonds. The van der Waals surface area contributed by atoms with Crippen LogP contribution in [0.5, 0.6) is 0 Å². The van der Waals surface area contributed by atoms with Gasteiger partial charge in [-0.2, -0.15) is 0 Å². The van der Waals surface area contributed by atoms with Gasteiger partial charge in [0.05, 0.1) is 0 Å². The van der Waals surface area contributed by atoms with Crippen molar-refractivity contribution in [2.24, 2.45) is 0 Å². The van der Waals surface area contributed by atoms with Crippen LogP contribution in [0, 0.1) is 13.8 Å². The van der Waals surface area contributed by atoms with Crippen molar-refractivity contribution in [2.45, 2.75) is 58.0 Å². The summed E-state index contributed by atoms with van der Waals surface area (Å²) >= 11 is 0. The molecule has 2 unspecified atom stereocenters. The van der Waals surface area contributed by atoms with Crippen LogP contribution in [0.15, 0.2) is 18.2 Å². The number of aryl methyl sites for hydroxylation is 2. The lowest BCUT2D eigenvalue weighted by atomic mass is 9.99. The van der Waals surface area contributed by atoms with Crippen LogP contribution in [-0.4, -0.2) is 41.8 Å². The van der Waals surface area contributed by atoms with Gasteiger partial charge in [0.2, 0.25) is 5.91 Å². The van der Waals surface area contributed by atoms with Crippen molar-refractivity contribution in [1.82, 2.24) is 10.2 Å². The van der Waals surface area contributed by atoms with Gasteiger partial charge in [0, 0.05) is 37.0 Å². The number of rotatable bonds is 4. The first-order valence-electron chi connectivity index (χ1n) is 8.68. The van der Waals surface area contributed by atoms with Gasteiger partial charge >= 0.3 is 0 Å². The van der Waals surface area contributed by atoms with E-state index in [1.54, 1.807) is 0 Å². The van der Waals surface area contributed by atoms with Gasteiger partial charge in [0.15, 0.2) is 5.78 Å². The van der Waals surface area contributed by atoms with E-state index in [-0.39, 0.29) is 24.1 Å². The number of ketones is 1. The van der Waals surface area contributed by atoms with Gasteiger partial charge in [-0.25, -0.2) is 0 Å². The maximum atomic E-state index is 12.6. The smallest absolute Gasteiger partial charge is 0.223 e. The fourth-order valence-corrected chi connectivity index (χ4v) is 3.91. The van der Waals surface area contributed by atoms with Crippen molar-refractivity contribution in [3.63, 3.8) is 0 Å². The third-order valence-corrected chi connectivity index (χ3v) is 5.20. The van der Waals surface area contributed by atoms with Crippen LogP contribution in [0.3, 0.4) is 0 Å². The predicted molar refractivity (Wildman–Crippen MR) is 97.9 cm³/mol. The number of hydrogen-bond donors (Lipinski definition) is 1. The average molecular weight is 351 g/mol. The van der Waals surface area contributed by atoms with Crippen molar-refractivity contribution < 1.29 is 9.59 Å². The van der Waals surface area contributed by atoms with Crippen LogP contribution >= 0.6 is 12.4 Å². The first kappa shape index (κ1) is 18.9. The Kier molecular flexibility index (Phi) is 6.41. The third-order valence-electron chi connectivity index (χ3n) is 5.20. The number of nitrogens with one attached hydrogen (secondary N) is 1. The molecule has 2 aliphatic heterocycles. The Hall–Kier alpha value is -1.39. The van der Waals surface area contributed by atoms with E-state index >= 15 is 0 Å². The SMILES string of the molecule is Cc1ccc(C)c(C(=O)CCC(=O)N2C3CCNCC2CC3)c1.Cl. The summed E-state index contributed by atoms with van der Waals surface area (Å²) in [6.45, 7) is 5.83. The van der Waals surface area contributed by atoms with E-state index in [0.29, 0.717) is 24.9 Å². The van der Waals surface area contributed by atoms with Gasteiger partial charge in [-0.3, -0.25) is 9.59 Å². The van der Waals surface area contributed by atoms with E-state index in [4.69, 9.17) is 0 Å². The van der Waals surface area contributed by atoms with Crippen LogP contribution in [-0.2, 0) is 4.79 Å². The summed E-state index contributed by atoms with van der Waals surface area (Å²) < 4.78 is 0. The molecule has 1 aromatic carbocycles. The highest BCUT2D eigenvalue weighted by Crippen LogP contribution is 2.29. The summed E-state index contributed by atoms with van der Waals surface area (Å²) in [5.41, 5.74) is 2.84. The predicted octanol–water partition coefficient (Wildman–Crippen LogP) is 3.04. The fraction of sp³-hybridized carbons (Fsp3) is 0.579. The molecule has 2 heterocycles. The van der Waals surface area contributed by atoms with Crippen LogP contribution in [0.25, 0.3) is 0 Å². The lowest BCUT2D eigenvalue weighted by Gasteiger charge is -2.28. The van der Waals surface area contributed by atoms with E-state index in [2.05, 4.69) is 10.2 Å². The highest BCUT2D eigenvalue weighted by Gasteiger charge is 2.37. The minimum absolute atomic E-state index is 0. The Bertz CT molecular complexity index is 603. The van der Waals surface area contributed by atoms with Gasteiger partial charge < -0.3 is 10.2 Å². The normalized spacial score (nSPS) is 22.7. The molecule has 2 atom stereocenters. The number of carbonyl (C=O) groups is 2. The highest BCUT2D eigenvalue weighted by molar-refractivity contribution is 5.99. The standard InChI is InChI=1S/C19H26N2O2.ClH/c1-13-3-4-14(2)17(11-13)18(22)7-8-19(23)21-15-5-6-16(21)12-20-10-9-15;/h3-4,11,15-16,20H,5-10,12H2,1-2H3;1H. The molecular weight excluding hydrogens is 324 g/mol. The molecule has 0 spiro atoms. The first-order valence-corrected chi connectivity index (χ1v) is 8.68. The monoisotopic (exact) mass is 350 g/mol. The molecule has 4 nitrogen and oxygen atoms in total. The molecule has 0 radical (unpaired) electrons. The van der Waals surface area contributed by atoms with Gasteiger partial charge in [-0.1, -0.05) is 17.7 Å². The lowest BCUT2D eigenvalue weighted by Crippen LogP contribution is -2.42. The first-order chi connectivity index (χ1) is 11.1. The minimum Gasteiger partial charge on any atom is -0.335 e. The quantitative estimate of drug-likeness (QED) is 0.849. The van der Waals surface area contributed by atoms with Crippen LogP contribution in [0.2, 0.25) is 0 Å². The molecule has 132 valence electrons. The highest BCUT2D eigenvalue weighted by atomic mass is 35.5. The van der Waals surface area contributed by atoms with Crippen LogP contribution < -0.4 is 5.32 Å². The van der Waals surface area contributed by atoms with Crippen molar-refractivity contribution in [1.29, 1.82) is 0 Å². The molecule has 1 aromatic rings. The number of Topliss-reactive ketones (excluding diaryl/α,β-unsaturated/α-hetero) is 1. The average Bonchev–Trinajstić information content (AvgIpc) is 2.80. The van der Waals surface area contributed by atoms with E-state index in [0.717, 1.165) is 49.0 Å². The van der Waals surface area contributed by atoms with Crippen LogP contribution in [0.4, 0.5) is 0 Å². The number of benzene rings is 1. The number of fused-ring (bicyclic) bond motifs is 2. The zero-order valence-electron chi connectivity index (χ0n) is 14.5. The Balaban J connectivity index is 0.00000208. The van der Waals surface area contributed by atoms with Crippen molar-refractivity contribution in [3.8, 4) is 0 Å². The van der Waals surface area contributed by atoms with Gasteiger partial charge in [0.1, 0.15) is 0 Å². The molecule has 24 heavy (non-hydrogen) atoms. The molecule has 1 N–H and O–H groups in total. The molecule has 2 fully saturated rings. The van der Waals surface area contributed by atoms with Crippen molar-refractivity contribution in [2.75, 3.05) is 13.1 Å². The fourth-order valence-electron chi connectivity index (χ4n) is 3.91. The molecule has 2 bridgehead atoms. The summed E-state index contributed by atoms with van der Waals surface area (Å²) in [6, 6.07) is 6.62. The number of nitrogens with zero attached hydrogens (tertiary/aromatic N) is 1. The molecule has 0 aliphatic carbocycles. The second kappa shape index (κ2) is 8.13. The molecule has 3 rings (SSSR count). The molecule has 2 aliphatic rings. The van der Waals surface area contributed by atoms with Gasteiger partial charge in [-0.05, 0) is 51.3 Å². The minimum atomic E-state index is 0. The molecule has 0 saturated carbocycles. The maximum Gasteiger partial charge on any atom is 0.223 e. The van der Waals surface area contributed by atoms with Crippen molar-refractivity contribution in [3.05, 3.63) is 34.9 Å². The summed E-state index contributed by atoms with van der Waals surface area (Å²) in [7, 11) is 0. The summed E-state index contributed by atoms with van der Waals surface area (Å²) in [4.78, 5) is 27.2. The van der Waals surface area contributed by atoms with E-state index in [1.807, 2.05) is 32.0 Å².